The third-order valence-electron chi connectivity index (χ3n) is 4.20. The van der Waals surface area contributed by atoms with E-state index in [0.717, 1.165) is 10.6 Å². The second-order valence-corrected chi connectivity index (χ2v) is 8.01. The van der Waals surface area contributed by atoms with Crippen molar-refractivity contribution < 1.29 is 9.53 Å². The number of carbonyl (C=O) groups excluding carboxylic acids is 1. The topological polar surface area (TPSA) is 69.0 Å². The molecule has 3 rings (SSSR count). The number of halogens is 1. The number of nitrogens with zero attached hydrogens (tertiary/aromatic N) is 3. The van der Waals surface area contributed by atoms with Crippen molar-refractivity contribution in [3.05, 3.63) is 83.0 Å². The number of nitrogens with one attached hydrogen (secondary N) is 1. The number of hydrogen-bond donors (Lipinski definition) is 1. The molecule has 0 spiro atoms. The van der Waals surface area contributed by atoms with Crippen LogP contribution in [0.5, 0.6) is 5.75 Å². The number of thioether (sulfide) groups is 1. The molecule has 0 fully saturated rings. The first-order valence-electron chi connectivity index (χ1n) is 9.42. The molecule has 30 heavy (non-hydrogen) atoms. The van der Waals surface area contributed by atoms with Crippen LogP contribution in [-0.4, -0.2) is 26.7 Å². The lowest BCUT2D eigenvalue weighted by atomic mass is 10.1. The normalized spacial score (nSPS) is 10.6. The molecule has 1 aromatic heterocycles. The summed E-state index contributed by atoms with van der Waals surface area (Å²) in [6.45, 7) is 7.03. The summed E-state index contributed by atoms with van der Waals surface area (Å²) >= 11 is 7.28. The molecule has 0 aliphatic rings. The first-order valence-corrected chi connectivity index (χ1v) is 10.8. The Bertz CT molecular complexity index is 987. The summed E-state index contributed by atoms with van der Waals surface area (Å²) in [5.74, 6) is 0.880. The molecule has 2 aromatic carbocycles. The Morgan fingerprint density at radius 1 is 1.23 bits per heavy atom. The van der Waals surface area contributed by atoms with Gasteiger partial charge in [0, 0.05) is 11.6 Å². The first-order chi connectivity index (χ1) is 14.5. The lowest BCUT2D eigenvalue weighted by molar-refractivity contribution is -0.118. The van der Waals surface area contributed by atoms with Gasteiger partial charge in [0.05, 0.1) is 12.3 Å². The lowest BCUT2D eigenvalue weighted by Crippen LogP contribution is -2.24. The molecule has 0 atom stereocenters. The van der Waals surface area contributed by atoms with E-state index in [1.165, 1.54) is 17.3 Å². The Kier molecular flexibility index (Phi) is 7.93. The Balaban J connectivity index is 1.58. The van der Waals surface area contributed by atoms with Gasteiger partial charge in [-0.05, 0) is 36.8 Å². The van der Waals surface area contributed by atoms with E-state index in [9.17, 15) is 4.79 Å². The second-order valence-electron chi connectivity index (χ2n) is 6.61. The fourth-order valence-electron chi connectivity index (χ4n) is 2.60. The molecule has 1 N–H and O–H groups in total. The van der Waals surface area contributed by atoms with Crippen molar-refractivity contribution in [2.75, 3.05) is 5.75 Å². The maximum atomic E-state index is 12.3. The molecule has 0 saturated carbocycles. The SMILES string of the molecule is C=CCn1nnc(COc2ccc(Cl)cc2)c1SCC(=O)NCc1ccc(C)cc1. The Hall–Kier alpha value is -2.77. The molecular formula is C22H23ClN4O2S. The van der Waals surface area contributed by atoms with Crippen molar-refractivity contribution in [2.45, 2.75) is 31.6 Å². The number of allylic oxidation sites excluding steroid dienone is 1. The van der Waals surface area contributed by atoms with Crippen LogP contribution < -0.4 is 10.1 Å². The van der Waals surface area contributed by atoms with E-state index in [2.05, 4.69) is 22.2 Å². The van der Waals surface area contributed by atoms with Crippen molar-refractivity contribution in [3.8, 4) is 5.75 Å². The monoisotopic (exact) mass is 442 g/mol. The average Bonchev–Trinajstić information content (AvgIpc) is 3.13. The summed E-state index contributed by atoms with van der Waals surface area (Å²) in [4.78, 5) is 12.3. The molecule has 1 amide bonds. The molecule has 6 nitrogen and oxygen atoms in total. The van der Waals surface area contributed by atoms with Gasteiger partial charge in [0.15, 0.2) is 0 Å². The number of hydrogen-bond acceptors (Lipinski definition) is 5. The number of ether oxygens (including phenoxy) is 1. The molecule has 1 heterocycles. The quantitative estimate of drug-likeness (QED) is 0.372. The van der Waals surface area contributed by atoms with Gasteiger partial charge in [0.25, 0.3) is 0 Å². The fraction of sp³-hybridized carbons (Fsp3) is 0.227. The van der Waals surface area contributed by atoms with E-state index in [4.69, 9.17) is 16.3 Å². The third-order valence-corrected chi connectivity index (χ3v) is 5.57. The van der Waals surface area contributed by atoms with Gasteiger partial charge in [-0.3, -0.25) is 4.79 Å². The molecule has 0 radical (unpaired) electrons. The van der Waals surface area contributed by atoms with Crippen LogP contribution in [-0.2, 0) is 24.5 Å². The van der Waals surface area contributed by atoms with Gasteiger partial charge in [-0.15, -0.1) is 11.7 Å². The number of benzene rings is 2. The molecule has 0 bridgehead atoms. The van der Waals surface area contributed by atoms with Gasteiger partial charge in [0.1, 0.15) is 23.1 Å². The molecule has 0 aliphatic heterocycles. The number of rotatable bonds is 10. The summed E-state index contributed by atoms with van der Waals surface area (Å²) in [7, 11) is 0. The highest BCUT2D eigenvalue weighted by Crippen LogP contribution is 2.23. The summed E-state index contributed by atoms with van der Waals surface area (Å²) in [5.41, 5.74) is 2.93. The number of aryl methyl sites for hydroxylation is 1. The van der Waals surface area contributed by atoms with Crippen molar-refractivity contribution >= 4 is 29.3 Å². The minimum atomic E-state index is -0.0588. The average molecular weight is 443 g/mol. The minimum Gasteiger partial charge on any atom is -0.487 e. The smallest absolute Gasteiger partial charge is 0.230 e. The zero-order chi connectivity index (χ0) is 21.3. The summed E-state index contributed by atoms with van der Waals surface area (Å²) in [6.07, 6.45) is 1.74. The van der Waals surface area contributed by atoms with Crippen LogP contribution >= 0.6 is 23.4 Å². The van der Waals surface area contributed by atoms with Crippen molar-refractivity contribution in [1.82, 2.24) is 20.3 Å². The van der Waals surface area contributed by atoms with E-state index >= 15 is 0 Å². The van der Waals surface area contributed by atoms with Crippen molar-refractivity contribution in [1.29, 1.82) is 0 Å². The predicted octanol–water partition coefficient (Wildman–Crippen LogP) is 4.41. The van der Waals surface area contributed by atoms with Gasteiger partial charge in [-0.2, -0.15) is 0 Å². The molecule has 3 aromatic rings. The predicted molar refractivity (Wildman–Crippen MR) is 120 cm³/mol. The molecule has 0 unspecified atom stereocenters. The highest BCUT2D eigenvalue weighted by Gasteiger charge is 2.15. The first kappa shape index (κ1) is 21.9. The number of carbonyl (C=O) groups is 1. The number of amides is 1. The van der Waals surface area contributed by atoms with Crippen LogP contribution in [0.15, 0.2) is 66.2 Å². The van der Waals surface area contributed by atoms with Crippen LogP contribution in [0.1, 0.15) is 16.8 Å². The van der Waals surface area contributed by atoms with Crippen LogP contribution in [0.2, 0.25) is 5.02 Å². The molecule has 0 saturated heterocycles. The zero-order valence-corrected chi connectivity index (χ0v) is 18.2. The highest BCUT2D eigenvalue weighted by molar-refractivity contribution is 8.00. The van der Waals surface area contributed by atoms with Gasteiger partial charge in [0.2, 0.25) is 5.91 Å². The van der Waals surface area contributed by atoms with E-state index in [1.54, 1.807) is 35.0 Å². The zero-order valence-electron chi connectivity index (χ0n) is 16.7. The van der Waals surface area contributed by atoms with Gasteiger partial charge >= 0.3 is 0 Å². The Morgan fingerprint density at radius 3 is 2.67 bits per heavy atom. The van der Waals surface area contributed by atoms with Crippen LogP contribution in [0.3, 0.4) is 0 Å². The van der Waals surface area contributed by atoms with E-state index in [-0.39, 0.29) is 18.3 Å². The molecule has 8 heteroatoms. The molecule has 156 valence electrons. The standard InChI is InChI=1S/C22H23ClN4O2S/c1-3-12-27-22(20(25-26-27)14-29-19-10-8-18(23)9-11-19)30-15-21(28)24-13-17-6-4-16(2)5-7-17/h3-11H,1,12-15H2,2H3,(H,24,28). The highest BCUT2D eigenvalue weighted by atomic mass is 35.5. The Morgan fingerprint density at radius 2 is 1.97 bits per heavy atom. The largest absolute Gasteiger partial charge is 0.487 e. The van der Waals surface area contributed by atoms with Crippen molar-refractivity contribution in [3.63, 3.8) is 0 Å². The minimum absolute atomic E-state index is 0.0588. The van der Waals surface area contributed by atoms with Gasteiger partial charge in [-0.1, -0.05) is 64.5 Å². The van der Waals surface area contributed by atoms with E-state index in [1.807, 2.05) is 31.2 Å². The van der Waals surface area contributed by atoms with Crippen molar-refractivity contribution in [2.24, 2.45) is 0 Å². The maximum Gasteiger partial charge on any atom is 0.230 e. The molecule has 0 aliphatic carbocycles. The maximum absolute atomic E-state index is 12.3. The third kappa shape index (κ3) is 6.37. The summed E-state index contributed by atoms with van der Waals surface area (Å²) in [6, 6.07) is 15.2. The van der Waals surface area contributed by atoms with Gasteiger partial charge in [-0.25, -0.2) is 4.68 Å². The second kappa shape index (κ2) is 10.8. The fourth-order valence-corrected chi connectivity index (χ4v) is 3.63. The van der Waals surface area contributed by atoms with Crippen LogP contribution in [0.4, 0.5) is 0 Å². The Labute approximate surface area is 185 Å². The van der Waals surface area contributed by atoms with Crippen LogP contribution in [0.25, 0.3) is 0 Å². The van der Waals surface area contributed by atoms with E-state index in [0.29, 0.717) is 29.6 Å². The number of aromatic nitrogens is 3. The lowest BCUT2D eigenvalue weighted by Gasteiger charge is -2.09. The molecular weight excluding hydrogens is 420 g/mol. The van der Waals surface area contributed by atoms with E-state index < -0.39 is 0 Å². The van der Waals surface area contributed by atoms with Crippen LogP contribution in [0, 0.1) is 6.92 Å². The summed E-state index contributed by atoms with van der Waals surface area (Å²) in [5, 5.41) is 12.7. The summed E-state index contributed by atoms with van der Waals surface area (Å²) < 4.78 is 7.50. The van der Waals surface area contributed by atoms with Gasteiger partial charge < -0.3 is 10.1 Å².